The number of ether oxygens (including phenoxy) is 2. The Balaban J connectivity index is 2.91. The third kappa shape index (κ3) is 10.2. The van der Waals surface area contributed by atoms with Gasteiger partial charge in [0.1, 0.15) is 18.2 Å². The molecule has 0 saturated carbocycles. The number of Topliss-reactive ketones (excluding diaryl/α,β-unsaturated/α-hetero) is 1. The Morgan fingerprint density at radius 1 is 1.17 bits per heavy atom. The number of rotatable bonds is 7. The second-order valence-electron chi connectivity index (χ2n) is 8.60. The topological polar surface area (TPSA) is 84.9 Å². The zero-order chi connectivity index (χ0) is 22.4. The van der Waals surface area contributed by atoms with E-state index in [1.54, 1.807) is 20.8 Å². The summed E-state index contributed by atoms with van der Waals surface area (Å²) in [6.07, 6.45) is -0.212. The molecule has 29 heavy (non-hydrogen) atoms. The normalized spacial score (nSPS) is 19.1. The Morgan fingerprint density at radius 2 is 1.79 bits per heavy atom. The summed E-state index contributed by atoms with van der Waals surface area (Å²) in [7, 11) is 0. The van der Waals surface area contributed by atoms with Gasteiger partial charge in [-0.05, 0) is 33.1 Å². The van der Waals surface area contributed by atoms with Crippen molar-refractivity contribution in [3.8, 4) is 0 Å². The molecule has 1 amide bonds. The van der Waals surface area contributed by atoms with Gasteiger partial charge >= 0.3 is 12.1 Å². The molecule has 1 saturated heterocycles. The molecule has 0 aromatic heterocycles. The number of piperazine rings is 1. The quantitative estimate of drug-likeness (QED) is 0.448. The van der Waals surface area contributed by atoms with Gasteiger partial charge < -0.3 is 14.8 Å². The number of carbonyl (C=O) groups excluding carboxylic acids is 3. The number of alkyl halides is 3. The molecule has 1 aliphatic heterocycles. The molecule has 1 rings (SSSR count). The third-order valence-corrected chi connectivity index (χ3v) is 4.50. The highest BCUT2D eigenvalue weighted by atomic mass is 35.6. The van der Waals surface area contributed by atoms with E-state index in [9.17, 15) is 14.4 Å². The number of amides is 1. The van der Waals surface area contributed by atoms with Crippen molar-refractivity contribution in [1.29, 1.82) is 0 Å². The lowest BCUT2D eigenvalue weighted by molar-refractivity contribution is -0.147. The summed E-state index contributed by atoms with van der Waals surface area (Å²) in [6, 6.07) is -0.719. The SMILES string of the molecule is CC(C)C[C@H](CC(=O)OCC(Cl)(Cl)Cl)C(=O)[C@@H]1CNCCN1C(=O)OC(C)(C)C. The molecule has 0 aliphatic carbocycles. The van der Waals surface area contributed by atoms with E-state index in [4.69, 9.17) is 44.3 Å². The largest absolute Gasteiger partial charge is 0.461 e. The summed E-state index contributed by atoms with van der Waals surface area (Å²) < 4.78 is 8.72. The van der Waals surface area contributed by atoms with Crippen molar-refractivity contribution >= 4 is 52.6 Å². The molecule has 7 nitrogen and oxygen atoms in total. The summed E-state index contributed by atoms with van der Waals surface area (Å²) >= 11 is 16.8. The fraction of sp³-hybridized carbons (Fsp3) is 0.842. The molecule has 0 spiro atoms. The first kappa shape index (κ1) is 26.3. The maximum atomic E-state index is 13.3. The first-order chi connectivity index (χ1) is 13.2. The molecule has 2 atom stereocenters. The summed E-state index contributed by atoms with van der Waals surface area (Å²) in [4.78, 5) is 39.5. The minimum Gasteiger partial charge on any atom is -0.461 e. The Labute approximate surface area is 187 Å². The van der Waals surface area contributed by atoms with E-state index in [1.807, 2.05) is 13.8 Å². The number of halogens is 3. The molecular weight excluding hydrogens is 443 g/mol. The van der Waals surface area contributed by atoms with Crippen molar-refractivity contribution in [2.45, 2.75) is 62.9 Å². The average Bonchev–Trinajstić information content (AvgIpc) is 2.56. The monoisotopic (exact) mass is 472 g/mol. The van der Waals surface area contributed by atoms with Gasteiger partial charge in [-0.2, -0.15) is 0 Å². The predicted octanol–water partition coefficient (Wildman–Crippen LogP) is 3.73. The number of hydrogen-bond donors (Lipinski definition) is 1. The van der Waals surface area contributed by atoms with Crippen LogP contribution >= 0.6 is 34.8 Å². The lowest BCUT2D eigenvalue weighted by Crippen LogP contribution is -2.59. The molecule has 1 aliphatic rings. The van der Waals surface area contributed by atoms with Crippen LogP contribution in [-0.4, -0.2) is 64.4 Å². The Morgan fingerprint density at radius 3 is 2.31 bits per heavy atom. The van der Waals surface area contributed by atoms with Crippen LogP contribution in [0, 0.1) is 11.8 Å². The minimum atomic E-state index is -1.71. The standard InChI is InChI=1S/C19H31Cl3N2O5/c1-12(2)8-13(9-15(25)28-11-19(20,21)22)16(26)14-10-23-6-7-24(14)17(27)29-18(3,4)5/h12-14,23H,6-11H2,1-5H3/t13-,14+/m1/s1. The van der Waals surface area contributed by atoms with E-state index in [2.05, 4.69) is 5.32 Å². The lowest BCUT2D eigenvalue weighted by Gasteiger charge is -2.37. The molecule has 1 N–H and O–H groups in total. The number of hydrogen-bond acceptors (Lipinski definition) is 6. The maximum Gasteiger partial charge on any atom is 0.410 e. The van der Waals surface area contributed by atoms with Crippen LogP contribution in [0.15, 0.2) is 0 Å². The second-order valence-corrected chi connectivity index (χ2v) is 11.1. The fourth-order valence-electron chi connectivity index (χ4n) is 3.06. The highest BCUT2D eigenvalue weighted by molar-refractivity contribution is 6.67. The van der Waals surface area contributed by atoms with Crippen LogP contribution < -0.4 is 5.32 Å². The fourth-order valence-corrected chi connectivity index (χ4v) is 3.22. The molecule has 0 aromatic rings. The molecule has 10 heteroatoms. The van der Waals surface area contributed by atoms with Crippen LogP contribution in [0.25, 0.3) is 0 Å². The van der Waals surface area contributed by atoms with Crippen LogP contribution in [-0.2, 0) is 19.1 Å². The minimum absolute atomic E-state index is 0.142. The van der Waals surface area contributed by atoms with Crippen LogP contribution in [0.3, 0.4) is 0 Å². The van der Waals surface area contributed by atoms with Gasteiger partial charge in [-0.15, -0.1) is 0 Å². The maximum absolute atomic E-state index is 13.3. The Bertz CT molecular complexity index is 587. The van der Waals surface area contributed by atoms with Gasteiger partial charge in [0.25, 0.3) is 0 Å². The average molecular weight is 474 g/mol. The molecule has 168 valence electrons. The van der Waals surface area contributed by atoms with Crippen LogP contribution in [0.4, 0.5) is 4.79 Å². The Hall–Kier alpha value is -0.760. The van der Waals surface area contributed by atoms with Gasteiger partial charge in [0.05, 0.1) is 6.42 Å². The van der Waals surface area contributed by atoms with Crippen molar-refractivity contribution in [3.63, 3.8) is 0 Å². The number of esters is 1. The molecule has 0 unspecified atom stereocenters. The van der Waals surface area contributed by atoms with Crippen LogP contribution in [0.1, 0.15) is 47.5 Å². The number of ketones is 1. The number of nitrogens with one attached hydrogen (secondary N) is 1. The van der Waals surface area contributed by atoms with Crippen molar-refractivity contribution in [3.05, 3.63) is 0 Å². The van der Waals surface area contributed by atoms with E-state index in [1.165, 1.54) is 4.90 Å². The van der Waals surface area contributed by atoms with Gasteiger partial charge in [-0.3, -0.25) is 14.5 Å². The van der Waals surface area contributed by atoms with Crippen LogP contribution in [0.2, 0.25) is 0 Å². The first-order valence-electron chi connectivity index (χ1n) is 9.66. The van der Waals surface area contributed by atoms with Crippen molar-refractivity contribution in [1.82, 2.24) is 10.2 Å². The van der Waals surface area contributed by atoms with E-state index in [0.717, 1.165) is 0 Å². The van der Waals surface area contributed by atoms with E-state index >= 15 is 0 Å². The van der Waals surface area contributed by atoms with Crippen molar-refractivity contribution in [2.75, 3.05) is 26.2 Å². The lowest BCUT2D eigenvalue weighted by atomic mass is 9.86. The van der Waals surface area contributed by atoms with Crippen molar-refractivity contribution in [2.24, 2.45) is 11.8 Å². The zero-order valence-electron chi connectivity index (χ0n) is 17.6. The summed E-state index contributed by atoms with van der Waals surface area (Å²) in [5.74, 6) is -1.28. The molecule has 0 radical (unpaired) electrons. The summed E-state index contributed by atoms with van der Waals surface area (Å²) in [5, 5.41) is 3.13. The predicted molar refractivity (Wildman–Crippen MR) is 113 cm³/mol. The third-order valence-electron chi connectivity index (χ3n) is 4.17. The number of nitrogens with zero attached hydrogens (tertiary/aromatic N) is 1. The highest BCUT2D eigenvalue weighted by Gasteiger charge is 2.39. The van der Waals surface area contributed by atoms with E-state index in [-0.39, 0.29) is 18.1 Å². The van der Waals surface area contributed by atoms with E-state index < -0.39 is 40.0 Å². The molecule has 0 bridgehead atoms. The smallest absolute Gasteiger partial charge is 0.410 e. The molecule has 1 heterocycles. The molecule has 1 fully saturated rings. The summed E-state index contributed by atoms with van der Waals surface area (Å²) in [5.41, 5.74) is -0.673. The summed E-state index contributed by atoms with van der Waals surface area (Å²) in [6.45, 7) is 10.0. The van der Waals surface area contributed by atoms with Gasteiger partial charge in [-0.25, -0.2) is 4.79 Å². The number of carbonyl (C=O) groups is 3. The van der Waals surface area contributed by atoms with Gasteiger partial charge in [0.2, 0.25) is 3.79 Å². The zero-order valence-corrected chi connectivity index (χ0v) is 19.9. The van der Waals surface area contributed by atoms with Gasteiger partial charge in [0.15, 0.2) is 5.78 Å². The molecular formula is C19H31Cl3N2O5. The molecule has 0 aromatic carbocycles. The van der Waals surface area contributed by atoms with Crippen LogP contribution in [0.5, 0.6) is 0 Å². The second kappa shape index (κ2) is 11.0. The Kier molecular flexibility index (Phi) is 9.99. The first-order valence-corrected chi connectivity index (χ1v) is 10.8. The highest BCUT2D eigenvalue weighted by Crippen LogP contribution is 2.27. The van der Waals surface area contributed by atoms with Crippen molar-refractivity contribution < 1.29 is 23.9 Å². The van der Waals surface area contributed by atoms with Gasteiger partial charge in [-0.1, -0.05) is 48.7 Å². The van der Waals surface area contributed by atoms with Gasteiger partial charge in [0, 0.05) is 25.6 Å². The van der Waals surface area contributed by atoms with E-state index in [0.29, 0.717) is 26.1 Å².